The Bertz CT molecular complexity index is 442. The number of rotatable bonds is 3. The quantitative estimate of drug-likeness (QED) is 0.813. The van der Waals surface area contributed by atoms with Crippen LogP contribution >= 0.6 is 0 Å². The lowest BCUT2D eigenvalue weighted by Gasteiger charge is -2.43. The minimum atomic E-state index is -0.332. The molecule has 1 amide bonds. The molecular weight excluding hydrogens is 246 g/mol. The molecule has 1 aromatic rings. The molecule has 0 N–H and O–H groups in total. The van der Waals surface area contributed by atoms with Crippen LogP contribution in [0.5, 0.6) is 0 Å². The molecule has 2 atom stereocenters. The predicted octanol–water partition coefficient (Wildman–Crippen LogP) is 4.04. The third-order valence-electron chi connectivity index (χ3n) is 4.50. The van der Waals surface area contributed by atoms with E-state index in [1.54, 1.807) is 0 Å². The van der Waals surface area contributed by atoms with Crippen molar-refractivity contribution >= 4 is 5.91 Å². The minimum absolute atomic E-state index is 0.307. The van der Waals surface area contributed by atoms with Crippen molar-refractivity contribution in [3.63, 3.8) is 0 Å². The number of nitrogens with zero attached hydrogens (tertiary/aromatic N) is 1. The van der Waals surface area contributed by atoms with E-state index in [9.17, 15) is 4.79 Å². The molecule has 0 aromatic heterocycles. The second-order valence-electron chi connectivity index (χ2n) is 6.89. The summed E-state index contributed by atoms with van der Waals surface area (Å²) >= 11 is 0. The van der Waals surface area contributed by atoms with Gasteiger partial charge in [-0.25, -0.2) is 0 Å². The number of piperidine rings is 1. The smallest absolute Gasteiger partial charge is 0.229 e. The maximum Gasteiger partial charge on any atom is 0.229 e. The van der Waals surface area contributed by atoms with Gasteiger partial charge in [0.1, 0.15) is 0 Å². The second-order valence-corrected chi connectivity index (χ2v) is 6.89. The van der Waals surface area contributed by atoms with Crippen LogP contribution in [0.2, 0.25) is 0 Å². The van der Waals surface area contributed by atoms with Crippen molar-refractivity contribution < 1.29 is 4.79 Å². The second kappa shape index (κ2) is 5.99. The van der Waals surface area contributed by atoms with Crippen molar-refractivity contribution in [1.82, 2.24) is 4.90 Å². The average Bonchev–Trinajstić information content (AvgIpc) is 2.39. The van der Waals surface area contributed by atoms with Crippen molar-refractivity contribution in [2.75, 3.05) is 0 Å². The summed E-state index contributed by atoms with van der Waals surface area (Å²) in [7, 11) is 0. The van der Waals surface area contributed by atoms with Crippen molar-refractivity contribution in [2.45, 2.75) is 65.5 Å². The zero-order valence-electron chi connectivity index (χ0n) is 13.2. The molecule has 0 radical (unpaired) electrons. The topological polar surface area (TPSA) is 20.3 Å². The van der Waals surface area contributed by atoms with Crippen molar-refractivity contribution in [1.29, 1.82) is 0 Å². The third-order valence-corrected chi connectivity index (χ3v) is 4.50. The fourth-order valence-corrected chi connectivity index (χ4v) is 3.35. The van der Waals surface area contributed by atoms with Gasteiger partial charge in [0.05, 0.1) is 0 Å². The maximum atomic E-state index is 13.0. The molecule has 1 aliphatic heterocycles. The molecule has 2 nitrogen and oxygen atoms in total. The molecule has 2 unspecified atom stereocenters. The Labute approximate surface area is 123 Å². The number of hydrogen-bond acceptors (Lipinski definition) is 1. The molecule has 0 saturated carbocycles. The van der Waals surface area contributed by atoms with Crippen LogP contribution in [0.4, 0.5) is 0 Å². The van der Waals surface area contributed by atoms with Gasteiger partial charge < -0.3 is 4.90 Å². The fourth-order valence-electron chi connectivity index (χ4n) is 3.35. The number of carbonyl (C=O) groups excluding carboxylic acids is 1. The van der Waals surface area contributed by atoms with E-state index in [2.05, 4.69) is 44.7 Å². The third kappa shape index (κ3) is 3.23. The lowest BCUT2D eigenvalue weighted by atomic mass is 9.82. The van der Waals surface area contributed by atoms with Crippen LogP contribution in [-0.4, -0.2) is 22.9 Å². The van der Waals surface area contributed by atoms with Gasteiger partial charge >= 0.3 is 0 Å². The largest absolute Gasteiger partial charge is 0.337 e. The van der Waals surface area contributed by atoms with Crippen LogP contribution in [0, 0.1) is 5.41 Å². The summed E-state index contributed by atoms with van der Waals surface area (Å²) in [5.74, 6) is 0.307. The number of amides is 1. The van der Waals surface area contributed by atoms with Crippen LogP contribution in [-0.2, 0) is 11.2 Å². The lowest BCUT2D eigenvalue weighted by molar-refractivity contribution is -0.146. The summed E-state index contributed by atoms with van der Waals surface area (Å²) in [4.78, 5) is 15.1. The zero-order valence-corrected chi connectivity index (χ0v) is 13.2. The van der Waals surface area contributed by atoms with E-state index in [0.29, 0.717) is 18.0 Å². The van der Waals surface area contributed by atoms with Crippen molar-refractivity contribution in [3.05, 3.63) is 35.9 Å². The number of carbonyl (C=O) groups is 1. The van der Waals surface area contributed by atoms with E-state index in [1.807, 2.05) is 18.2 Å². The van der Waals surface area contributed by atoms with Gasteiger partial charge in [-0.05, 0) is 45.1 Å². The summed E-state index contributed by atoms with van der Waals surface area (Å²) in [5, 5.41) is 0. The van der Waals surface area contributed by atoms with Gasteiger partial charge in [0.15, 0.2) is 0 Å². The first kappa shape index (κ1) is 15.1. The van der Waals surface area contributed by atoms with E-state index in [1.165, 1.54) is 12.0 Å². The van der Waals surface area contributed by atoms with Gasteiger partial charge in [-0.3, -0.25) is 4.79 Å². The monoisotopic (exact) mass is 273 g/mol. The number of hydrogen-bond donors (Lipinski definition) is 0. The molecule has 0 aliphatic carbocycles. The minimum Gasteiger partial charge on any atom is -0.337 e. The van der Waals surface area contributed by atoms with Crippen LogP contribution < -0.4 is 0 Å². The standard InChI is InChI=1S/C18H27NO/c1-14-9-8-10-15(2)19(14)17(20)18(3,4)13-16-11-6-5-7-12-16/h5-7,11-12,14-15H,8-10,13H2,1-4H3. The van der Waals surface area contributed by atoms with Gasteiger partial charge in [0.2, 0.25) is 5.91 Å². The molecule has 1 heterocycles. The van der Waals surface area contributed by atoms with E-state index < -0.39 is 0 Å². The van der Waals surface area contributed by atoms with Gasteiger partial charge in [0, 0.05) is 17.5 Å². The summed E-state index contributed by atoms with van der Waals surface area (Å²) in [6, 6.07) is 11.1. The zero-order chi connectivity index (χ0) is 14.8. The molecule has 110 valence electrons. The molecule has 2 rings (SSSR count). The molecule has 1 saturated heterocycles. The van der Waals surface area contributed by atoms with Gasteiger partial charge in [-0.2, -0.15) is 0 Å². The first-order valence-corrected chi connectivity index (χ1v) is 7.78. The molecule has 1 fully saturated rings. The summed E-state index contributed by atoms with van der Waals surface area (Å²) in [6.07, 6.45) is 4.32. The molecule has 0 spiro atoms. The highest BCUT2D eigenvalue weighted by atomic mass is 16.2. The highest BCUT2D eigenvalue weighted by Crippen LogP contribution is 2.31. The van der Waals surface area contributed by atoms with E-state index >= 15 is 0 Å². The van der Waals surface area contributed by atoms with Crippen LogP contribution in [0.15, 0.2) is 30.3 Å². The molecule has 20 heavy (non-hydrogen) atoms. The molecule has 1 aliphatic rings. The number of benzene rings is 1. The predicted molar refractivity (Wildman–Crippen MR) is 83.5 cm³/mol. The highest BCUT2D eigenvalue weighted by Gasteiger charge is 2.37. The van der Waals surface area contributed by atoms with Crippen LogP contribution in [0.3, 0.4) is 0 Å². The first-order valence-electron chi connectivity index (χ1n) is 7.78. The SMILES string of the molecule is CC1CCCC(C)N1C(=O)C(C)(C)Cc1ccccc1. The van der Waals surface area contributed by atoms with Gasteiger partial charge in [0.25, 0.3) is 0 Å². The molecule has 2 heteroatoms. The molecular formula is C18H27NO. The highest BCUT2D eigenvalue weighted by molar-refractivity contribution is 5.83. The molecule has 0 bridgehead atoms. The molecule has 1 aromatic carbocycles. The normalized spacial score (nSPS) is 23.7. The van der Waals surface area contributed by atoms with Crippen LogP contribution in [0.25, 0.3) is 0 Å². The van der Waals surface area contributed by atoms with Crippen molar-refractivity contribution in [2.24, 2.45) is 5.41 Å². The average molecular weight is 273 g/mol. The Balaban J connectivity index is 2.13. The Morgan fingerprint density at radius 1 is 1.15 bits per heavy atom. The summed E-state index contributed by atoms with van der Waals surface area (Å²) in [5.41, 5.74) is 0.907. The summed E-state index contributed by atoms with van der Waals surface area (Å²) in [6.45, 7) is 8.53. The Hall–Kier alpha value is -1.31. The lowest BCUT2D eigenvalue weighted by Crippen LogP contribution is -2.52. The van der Waals surface area contributed by atoms with E-state index in [-0.39, 0.29) is 5.41 Å². The Kier molecular flexibility index (Phi) is 4.52. The Morgan fingerprint density at radius 2 is 1.70 bits per heavy atom. The maximum absolute atomic E-state index is 13.0. The van der Waals surface area contributed by atoms with Crippen LogP contribution in [0.1, 0.15) is 52.5 Å². The summed E-state index contributed by atoms with van der Waals surface area (Å²) < 4.78 is 0. The number of likely N-dealkylation sites (tertiary alicyclic amines) is 1. The van der Waals surface area contributed by atoms with E-state index in [0.717, 1.165) is 19.3 Å². The fraction of sp³-hybridized carbons (Fsp3) is 0.611. The van der Waals surface area contributed by atoms with Crippen molar-refractivity contribution in [3.8, 4) is 0 Å². The van der Waals surface area contributed by atoms with E-state index in [4.69, 9.17) is 0 Å². The first-order chi connectivity index (χ1) is 9.42. The van der Waals surface area contributed by atoms with Gasteiger partial charge in [-0.15, -0.1) is 0 Å². The Morgan fingerprint density at radius 3 is 2.25 bits per heavy atom. The van der Waals surface area contributed by atoms with Gasteiger partial charge in [-0.1, -0.05) is 44.2 Å².